The van der Waals surface area contributed by atoms with E-state index in [1.807, 2.05) is 0 Å². The molecule has 17 heavy (non-hydrogen) atoms. The topological polar surface area (TPSA) is 29.5 Å². The second-order valence-electron chi connectivity index (χ2n) is 5.17. The maximum absolute atomic E-state index is 9.52. The number of rotatable bonds is 4. The zero-order valence-corrected chi connectivity index (χ0v) is 10.7. The average molecular weight is 234 g/mol. The largest absolute Gasteiger partial charge is 0.396 e. The first kappa shape index (κ1) is 12.6. The van der Waals surface area contributed by atoms with Gasteiger partial charge >= 0.3 is 0 Å². The van der Waals surface area contributed by atoms with E-state index in [1.165, 1.54) is 11.1 Å². The molecule has 0 amide bonds. The molecule has 3 unspecified atom stereocenters. The summed E-state index contributed by atoms with van der Waals surface area (Å²) < 4.78 is 5.83. The van der Waals surface area contributed by atoms with Gasteiger partial charge in [0.05, 0.1) is 18.8 Å². The molecule has 1 heterocycles. The molecule has 2 nitrogen and oxygen atoms in total. The van der Waals surface area contributed by atoms with Crippen LogP contribution in [0.2, 0.25) is 0 Å². The van der Waals surface area contributed by atoms with Crippen LogP contribution < -0.4 is 0 Å². The number of hydrogen-bond donors (Lipinski definition) is 1. The minimum Gasteiger partial charge on any atom is -0.396 e. The van der Waals surface area contributed by atoms with E-state index in [0.717, 1.165) is 19.3 Å². The van der Waals surface area contributed by atoms with Crippen molar-refractivity contribution in [2.24, 2.45) is 0 Å². The average Bonchev–Trinajstić information content (AvgIpc) is 2.73. The third-order valence-corrected chi connectivity index (χ3v) is 3.64. The number of hydrogen-bond acceptors (Lipinski definition) is 2. The predicted octanol–water partition coefficient (Wildman–Crippen LogP) is 3.03. The molecule has 1 aromatic rings. The van der Waals surface area contributed by atoms with E-state index in [9.17, 15) is 5.11 Å². The third-order valence-electron chi connectivity index (χ3n) is 3.64. The van der Waals surface area contributed by atoms with Crippen molar-refractivity contribution in [2.75, 3.05) is 6.61 Å². The van der Waals surface area contributed by atoms with Gasteiger partial charge in [-0.25, -0.2) is 0 Å². The lowest BCUT2D eigenvalue weighted by Gasteiger charge is -2.19. The lowest BCUT2D eigenvalue weighted by molar-refractivity contribution is 0.0423. The highest BCUT2D eigenvalue weighted by Crippen LogP contribution is 2.29. The van der Waals surface area contributed by atoms with Crippen molar-refractivity contribution in [3.63, 3.8) is 0 Å². The van der Waals surface area contributed by atoms with Crippen LogP contribution in [0.4, 0.5) is 0 Å². The molecule has 2 heteroatoms. The molecule has 2 rings (SSSR count). The summed E-state index contributed by atoms with van der Waals surface area (Å²) in [5.41, 5.74) is 2.48. The molecule has 1 aromatic carbocycles. The molecule has 0 bridgehead atoms. The van der Waals surface area contributed by atoms with Gasteiger partial charge < -0.3 is 9.84 Å². The van der Waals surface area contributed by atoms with E-state index in [2.05, 4.69) is 38.1 Å². The van der Waals surface area contributed by atoms with Crippen molar-refractivity contribution in [1.82, 2.24) is 0 Å². The van der Waals surface area contributed by atoms with Crippen LogP contribution >= 0.6 is 0 Å². The van der Waals surface area contributed by atoms with Crippen LogP contribution in [0.5, 0.6) is 0 Å². The quantitative estimate of drug-likeness (QED) is 0.867. The van der Waals surface area contributed by atoms with Crippen LogP contribution in [-0.2, 0) is 4.74 Å². The van der Waals surface area contributed by atoms with Gasteiger partial charge in [0.1, 0.15) is 0 Å². The van der Waals surface area contributed by atoms with Crippen LogP contribution in [0.3, 0.4) is 0 Å². The van der Waals surface area contributed by atoms with Crippen LogP contribution in [0.15, 0.2) is 24.3 Å². The fraction of sp³-hybridized carbons (Fsp3) is 0.600. The summed E-state index contributed by atoms with van der Waals surface area (Å²) >= 11 is 0. The van der Waals surface area contributed by atoms with Gasteiger partial charge in [-0.05, 0) is 38.7 Å². The molecule has 3 atom stereocenters. The van der Waals surface area contributed by atoms with Crippen molar-refractivity contribution in [1.29, 1.82) is 0 Å². The Morgan fingerprint density at radius 3 is 2.53 bits per heavy atom. The zero-order chi connectivity index (χ0) is 12.3. The number of ether oxygens (including phenoxy) is 1. The molecule has 0 aromatic heterocycles. The highest BCUT2D eigenvalue weighted by atomic mass is 16.5. The number of aliphatic hydroxyl groups excluding tert-OH is 1. The number of benzene rings is 1. The Kier molecular flexibility index (Phi) is 4.19. The Labute approximate surface area is 104 Å². The molecule has 1 N–H and O–H groups in total. The highest BCUT2D eigenvalue weighted by Gasteiger charge is 2.25. The van der Waals surface area contributed by atoms with E-state index in [0.29, 0.717) is 12.2 Å². The van der Waals surface area contributed by atoms with Crippen molar-refractivity contribution in [3.05, 3.63) is 35.4 Å². The van der Waals surface area contributed by atoms with Gasteiger partial charge in [-0.1, -0.05) is 29.8 Å². The second kappa shape index (κ2) is 5.65. The number of aliphatic hydroxyl groups is 1. The van der Waals surface area contributed by atoms with Crippen molar-refractivity contribution < 1.29 is 9.84 Å². The van der Waals surface area contributed by atoms with Crippen molar-refractivity contribution in [3.8, 4) is 0 Å². The van der Waals surface area contributed by atoms with E-state index >= 15 is 0 Å². The lowest BCUT2D eigenvalue weighted by atomic mass is 9.92. The number of aryl methyl sites for hydroxylation is 1. The van der Waals surface area contributed by atoms with Gasteiger partial charge in [0.15, 0.2) is 0 Å². The van der Waals surface area contributed by atoms with Gasteiger partial charge in [-0.15, -0.1) is 0 Å². The first-order chi connectivity index (χ1) is 8.19. The fourth-order valence-electron chi connectivity index (χ4n) is 2.53. The van der Waals surface area contributed by atoms with Crippen LogP contribution in [0, 0.1) is 6.92 Å². The Morgan fingerprint density at radius 1 is 1.29 bits per heavy atom. The summed E-state index contributed by atoms with van der Waals surface area (Å²) in [7, 11) is 0. The fourth-order valence-corrected chi connectivity index (χ4v) is 2.53. The molecular formula is C15H22O2. The van der Waals surface area contributed by atoms with Gasteiger partial charge in [0.25, 0.3) is 0 Å². The summed E-state index contributed by atoms with van der Waals surface area (Å²) in [6.45, 7) is 4.41. The molecule has 0 saturated carbocycles. The standard InChI is InChI=1S/C15H22O2/c1-11-3-6-13(7-4-11)14(10-16)9-15-8-5-12(2)17-15/h3-4,6-7,12,14-16H,5,8-10H2,1-2H3. The minimum atomic E-state index is 0.206. The lowest BCUT2D eigenvalue weighted by Crippen LogP contribution is -2.15. The van der Waals surface area contributed by atoms with Gasteiger partial charge in [0, 0.05) is 5.92 Å². The summed E-state index contributed by atoms with van der Waals surface area (Å²) in [6.07, 6.45) is 3.92. The van der Waals surface area contributed by atoms with Gasteiger partial charge in [0.2, 0.25) is 0 Å². The summed E-state index contributed by atoms with van der Waals surface area (Å²) in [6, 6.07) is 8.45. The van der Waals surface area contributed by atoms with E-state index in [4.69, 9.17) is 4.74 Å². The summed E-state index contributed by atoms with van der Waals surface area (Å²) in [4.78, 5) is 0. The van der Waals surface area contributed by atoms with Gasteiger partial charge in [-0.3, -0.25) is 0 Å². The molecular weight excluding hydrogens is 212 g/mol. The highest BCUT2D eigenvalue weighted by molar-refractivity contribution is 5.24. The maximum atomic E-state index is 9.52. The summed E-state index contributed by atoms with van der Waals surface area (Å²) in [5.74, 6) is 0.214. The molecule has 0 radical (unpaired) electrons. The minimum absolute atomic E-state index is 0.206. The first-order valence-corrected chi connectivity index (χ1v) is 6.52. The third kappa shape index (κ3) is 3.30. The summed E-state index contributed by atoms with van der Waals surface area (Å²) in [5, 5.41) is 9.52. The molecule has 1 aliphatic rings. The van der Waals surface area contributed by atoms with Crippen molar-refractivity contribution in [2.45, 2.75) is 51.2 Å². The van der Waals surface area contributed by atoms with E-state index < -0.39 is 0 Å². The van der Waals surface area contributed by atoms with Gasteiger partial charge in [-0.2, -0.15) is 0 Å². The van der Waals surface area contributed by atoms with Crippen LogP contribution in [0.1, 0.15) is 43.2 Å². The molecule has 94 valence electrons. The molecule has 1 aliphatic heterocycles. The normalized spacial score (nSPS) is 26.1. The smallest absolute Gasteiger partial charge is 0.0586 e. The van der Waals surface area contributed by atoms with Crippen molar-refractivity contribution >= 4 is 0 Å². The Morgan fingerprint density at radius 2 is 2.00 bits per heavy atom. The Bertz CT molecular complexity index is 344. The Balaban J connectivity index is 1.98. The van der Waals surface area contributed by atoms with Crippen LogP contribution in [-0.4, -0.2) is 23.9 Å². The van der Waals surface area contributed by atoms with E-state index in [1.54, 1.807) is 0 Å². The maximum Gasteiger partial charge on any atom is 0.0586 e. The first-order valence-electron chi connectivity index (χ1n) is 6.52. The predicted molar refractivity (Wildman–Crippen MR) is 69.2 cm³/mol. The SMILES string of the molecule is Cc1ccc(C(CO)CC2CCC(C)O2)cc1. The molecule has 0 aliphatic carbocycles. The van der Waals surface area contributed by atoms with E-state index in [-0.39, 0.29) is 12.5 Å². The van der Waals surface area contributed by atoms with Crippen LogP contribution in [0.25, 0.3) is 0 Å². The zero-order valence-electron chi connectivity index (χ0n) is 10.7. The Hall–Kier alpha value is -0.860. The molecule has 1 saturated heterocycles. The molecule has 1 fully saturated rings. The second-order valence-corrected chi connectivity index (χ2v) is 5.17. The molecule has 0 spiro atoms. The monoisotopic (exact) mass is 234 g/mol.